The van der Waals surface area contributed by atoms with Crippen molar-refractivity contribution < 1.29 is 19.1 Å². The average Bonchev–Trinajstić information content (AvgIpc) is 3.04. The molecule has 2 aromatic carbocycles. The van der Waals surface area contributed by atoms with Crippen LogP contribution in [0.25, 0.3) is 10.6 Å². The molecule has 138 valence electrons. The Hall–Kier alpha value is -3.06. The molecule has 0 bridgehead atoms. The maximum atomic E-state index is 13.1. The smallest absolute Gasteiger partial charge is 0.326 e. The fourth-order valence-electron chi connectivity index (χ4n) is 2.60. The number of benzene rings is 2. The summed E-state index contributed by atoms with van der Waals surface area (Å²) in [5.41, 5.74) is 2.02. The summed E-state index contributed by atoms with van der Waals surface area (Å²) < 4.78 is 13.1. The number of nitrogens with zero attached hydrogens (tertiary/aromatic N) is 1. The van der Waals surface area contributed by atoms with E-state index in [0.717, 1.165) is 16.9 Å². The molecule has 5 nitrogen and oxygen atoms in total. The third-order valence-electron chi connectivity index (χ3n) is 3.98. The van der Waals surface area contributed by atoms with Gasteiger partial charge in [0.15, 0.2) is 0 Å². The van der Waals surface area contributed by atoms with E-state index in [2.05, 4.69) is 10.3 Å². The minimum atomic E-state index is -1.10. The molecule has 0 unspecified atom stereocenters. The molecule has 0 spiro atoms. The van der Waals surface area contributed by atoms with Crippen LogP contribution in [-0.4, -0.2) is 28.0 Å². The van der Waals surface area contributed by atoms with Gasteiger partial charge in [0.2, 0.25) is 0 Å². The number of carbonyl (C=O) groups is 2. The van der Waals surface area contributed by atoms with Crippen LogP contribution in [0.5, 0.6) is 0 Å². The molecule has 27 heavy (non-hydrogen) atoms. The predicted octanol–water partition coefficient (Wildman–Crippen LogP) is 3.68. The maximum Gasteiger partial charge on any atom is 0.326 e. The molecular formula is C20H17FN2O3S. The number of nitrogens with one attached hydrogen (secondary N) is 1. The Bertz CT molecular complexity index is 955. The first-order valence-electron chi connectivity index (χ1n) is 8.25. The van der Waals surface area contributed by atoms with E-state index in [9.17, 15) is 19.1 Å². The van der Waals surface area contributed by atoms with Crippen molar-refractivity contribution >= 4 is 23.2 Å². The molecule has 0 radical (unpaired) electrons. The van der Waals surface area contributed by atoms with E-state index in [1.165, 1.54) is 12.1 Å². The Morgan fingerprint density at radius 2 is 1.81 bits per heavy atom. The van der Waals surface area contributed by atoms with Crippen LogP contribution in [0, 0.1) is 12.7 Å². The topological polar surface area (TPSA) is 79.3 Å². The normalized spacial score (nSPS) is 11.8. The monoisotopic (exact) mass is 384 g/mol. The molecule has 0 fully saturated rings. The van der Waals surface area contributed by atoms with E-state index < -0.39 is 17.9 Å². The number of hydrogen-bond acceptors (Lipinski definition) is 4. The van der Waals surface area contributed by atoms with Crippen molar-refractivity contribution in [1.29, 1.82) is 0 Å². The highest BCUT2D eigenvalue weighted by molar-refractivity contribution is 7.17. The van der Waals surface area contributed by atoms with Gasteiger partial charge in [-0.3, -0.25) is 4.79 Å². The molecular weight excluding hydrogens is 367 g/mol. The van der Waals surface area contributed by atoms with Crippen LogP contribution in [0.2, 0.25) is 0 Å². The lowest BCUT2D eigenvalue weighted by molar-refractivity contribution is -0.139. The molecule has 1 atom stereocenters. The first kappa shape index (κ1) is 18.7. The van der Waals surface area contributed by atoms with E-state index in [0.29, 0.717) is 21.1 Å². The number of carbonyl (C=O) groups excluding carboxylic acids is 1. The second-order valence-electron chi connectivity index (χ2n) is 5.99. The van der Waals surface area contributed by atoms with Crippen molar-refractivity contribution in [2.24, 2.45) is 0 Å². The quantitative estimate of drug-likeness (QED) is 0.679. The number of rotatable bonds is 6. The molecule has 0 aliphatic heterocycles. The van der Waals surface area contributed by atoms with Gasteiger partial charge in [0, 0.05) is 12.0 Å². The molecule has 0 aliphatic rings. The second kappa shape index (κ2) is 8.09. The van der Waals surface area contributed by atoms with Gasteiger partial charge in [0.25, 0.3) is 5.91 Å². The fraction of sp³-hybridized carbons (Fsp3) is 0.150. The number of carboxylic acids is 1. The average molecular weight is 384 g/mol. The molecule has 3 rings (SSSR count). The van der Waals surface area contributed by atoms with E-state index in [1.54, 1.807) is 19.1 Å². The highest BCUT2D eigenvalue weighted by atomic mass is 32.1. The van der Waals surface area contributed by atoms with E-state index in [-0.39, 0.29) is 12.2 Å². The Morgan fingerprint density at radius 3 is 2.44 bits per heavy atom. The second-order valence-corrected chi connectivity index (χ2v) is 6.99. The Morgan fingerprint density at radius 1 is 1.15 bits per heavy atom. The van der Waals surface area contributed by atoms with Gasteiger partial charge in [-0.1, -0.05) is 30.3 Å². The molecule has 1 amide bonds. The molecule has 1 aromatic heterocycles. The van der Waals surface area contributed by atoms with Crippen LogP contribution in [0.1, 0.15) is 20.9 Å². The molecule has 0 aliphatic carbocycles. The number of hydrogen-bond donors (Lipinski definition) is 2. The first-order valence-corrected chi connectivity index (χ1v) is 9.06. The predicted molar refractivity (Wildman–Crippen MR) is 101 cm³/mol. The SMILES string of the molecule is Cc1nc(-c2ccc(F)cc2)sc1C(=O)N[C@H](Cc1ccccc1)C(=O)O. The summed E-state index contributed by atoms with van der Waals surface area (Å²) in [6.07, 6.45) is 0.185. The van der Waals surface area contributed by atoms with Crippen molar-refractivity contribution in [2.45, 2.75) is 19.4 Å². The Labute approximate surface area is 159 Å². The number of aromatic nitrogens is 1. The standard InChI is InChI=1S/C20H17FN2O3S/c1-12-17(27-19(22-12)14-7-9-15(21)10-8-14)18(24)23-16(20(25)26)11-13-5-3-2-4-6-13/h2-10,16H,11H2,1H3,(H,23,24)(H,25,26)/t16-/m1/s1. The molecule has 0 saturated carbocycles. The fourth-order valence-corrected chi connectivity index (χ4v) is 3.57. The number of halogens is 1. The molecule has 7 heteroatoms. The molecule has 0 saturated heterocycles. The zero-order valence-electron chi connectivity index (χ0n) is 14.5. The van der Waals surface area contributed by atoms with Crippen molar-refractivity contribution in [3.05, 3.63) is 76.5 Å². The van der Waals surface area contributed by atoms with Gasteiger partial charge in [0.05, 0.1) is 5.69 Å². The van der Waals surface area contributed by atoms with Gasteiger partial charge in [-0.05, 0) is 36.8 Å². The van der Waals surface area contributed by atoms with Gasteiger partial charge in [-0.15, -0.1) is 11.3 Å². The summed E-state index contributed by atoms with van der Waals surface area (Å²) in [6.45, 7) is 1.69. The number of aryl methyl sites for hydroxylation is 1. The zero-order chi connectivity index (χ0) is 19.4. The Balaban J connectivity index is 1.78. The van der Waals surface area contributed by atoms with Crippen LogP contribution in [-0.2, 0) is 11.2 Å². The summed E-state index contributed by atoms with van der Waals surface area (Å²) in [5.74, 6) is -1.94. The summed E-state index contributed by atoms with van der Waals surface area (Å²) >= 11 is 1.15. The first-order chi connectivity index (χ1) is 12.9. The summed E-state index contributed by atoms with van der Waals surface area (Å²) in [6, 6.07) is 13.9. The largest absolute Gasteiger partial charge is 0.480 e. The number of thiazole rings is 1. The number of aliphatic carboxylic acids is 1. The van der Waals surface area contributed by atoms with Gasteiger partial charge in [0.1, 0.15) is 21.7 Å². The van der Waals surface area contributed by atoms with E-state index in [4.69, 9.17) is 0 Å². The van der Waals surface area contributed by atoms with E-state index >= 15 is 0 Å². The van der Waals surface area contributed by atoms with Crippen LogP contribution in [0.4, 0.5) is 4.39 Å². The lowest BCUT2D eigenvalue weighted by Gasteiger charge is -2.14. The van der Waals surface area contributed by atoms with Crippen LogP contribution in [0.15, 0.2) is 54.6 Å². The van der Waals surface area contributed by atoms with Crippen molar-refractivity contribution in [2.75, 3.05) is 0 Å². The summed E-state index contributed by atoms with van der Waals surface area (Å²) in [7, 11) is 0. The van der Waals surface area contributed by atoms with E-state index in [1.807, 2.05) is 30.3 Å². The van der Waals surface area contributed by atoms with Gasteiger partial charge >= 0.3 is 5.97 Å². The van der Waals surface area contributed by atoms with Gasteiger partial charge < -0.3 is 10.4 Å². The minimum Gasteiger partial charge on any atom is -0.480 e. The summed E-state index contributed by atoms with van der Waals surface area (Å²) in [5, 5.41) is 12.6. The zero-order valence-corrected chi connectivity index (χ0v) is 15.3. The number of carboxylic acid groups (broad SMARTS) is 1. The van der Waals surface area contributed by atoms with Gasteiger partial charge in [-0.25, -0.2) is 14.2 Å². The highest BCUT2D eigenvalue weighted by Crippen LogP contribution is 2.28. The molecule has 3 aromatic rings. The lowest BCUT2D eigenvalue weighted by atomic mass is 10.1. The Kier molecular flexibility index (Phi) is 5.61. The highest BCUT2D eigenvalue weighted by Gasteiger charge is 2.24. The van der Waals surface area contributed by atoms with Crippen LogP contribution < -0.4 is 5.32 Å². The number of amides is 1. The maximum absolute atomic E-state index is 13.1. The molecule has 1 heterocycles. The van der Waals surface area contributed by atoms with Gasteiger partial charge in [-0.2, -0.15) is 0 Å². The third kappa shape index (κ3) is 4.57. The lowest BCUT2D eigenvalue weighted by Crippen LogP contribution is -2.42. The van der Waals surface area contributed by atoms with Crippen LogP contribution in [0.3, 0.4) is 0 Å². The van der Waals surface area contributed by atoms with Crippen molar-refractivity contribution in [1.82, 2.24) is 10.3 Å². The van der Waals surface area contributed by atoms with Crippen molar-refractivity contribution in [3.63, 3.8) is 0 Å². The third-order valence-corrected chi connectivity index (χ3v) is 5.19. The minimum absolute atomic E-state index is 0.185. The molecule has 2 N–H and O–H groups in total. The van der Waals surface area contributed by atoms with Crippen molar-refractivity contribution in [3.8, 4) is 10.6 Å². The van der Waals surface area contributed by atoms with Crippen LogP contribution >= 0.6 is 11.3 Å². The summed E-state index contributed by atoms with van der Waals surface area (Å²) in [4.78, 5) is 28.9.